The van der Waals surface area contributed by atoms with Crippen LogP contribution >= 0.6 is 0 Å². The molecule has 0 amide bonds. The molecule has 0 saturated heterocycles. The first-order valence-corrected chi connectivity index (χ1v) is 4.77. The minimum atomic E-state index is -0.0984. The van der Waals surface area contributed by atoms with Crippen LogP contribution in [0.3, 0.4) is 0 Å². The molecule has 0 aromatic carbocycles. The second-order valence-corrected chi connectivity index (χ2v) is 4.46. The van der Waals surface area contributed by atoms with E-state index in [1.807, 2.05) is 6.92 Å². The van der Waals surface area contributed by atoms with Crippen molar-refractivity contribution in [2.75, 3.05) is 0 Å². The first-order chi connectivity index (χ1) is 3.27. The molecule has 0 fully saturated rings. The SMILES string of the molecule is CC[CH2][Mg][CH](C)O. The van der Waals surface area contributed by atoms with Crippen molar-refractivity contribution in [1.82, 2.24) is 0 Å². The van der Waals surface area contributed by atoms with Gasteiger partial charge in [0.2, 0.25) is 0 Å². The Bertz CT molecular complexity index is 37.1. The van der Waals surface area contributed by atoms with Crippen LogP contribution in [0, 0.1) is 0 Å². The largest absolute Gasteiger partial charge is 0.422 e. The molecule has 1 nitrogen and oxygen atoms in total. The molecule has 0 bridgehead atoms. The molecule has 0 radical (unpaired) electrons. The minimum absolute atomic E-state index is 0.0416. The van der Waals surface area contributed by atoms with Crippen LogP contribution in [0.15, 0.2) is 0 Å². The van der Waals surface area contributed by atoms with Crippen LogP contribution in [0.5, 0.6) is 0 Å². The van der Waals surface area contributed by atoms with Gasteiger partial charge >= 0.3 is 20.4 Å². The van der Waals surface area contributed by atoms with Gasteiger partial charge < -0.3 is 5.11 Å². The first kappa shape index (κ1) is 7.73. The predicted octanol–water partition coefficient (Wildman–Crippen LogP) is 0.857. The Morgan fingerprint density at radius 2 is 2.29 bits per heavy atom. The summed E-state index contributed by atoms with van der Waals surface area (Å²) in [4.78, 5) is 0. The molecule has 0 rings (SSSR count). The van der Waals surface area contributed by atoms with Gasteiger partial charge in [0.15, 0.2) is 0 Å². The van der Waals surface area contributed by atoms with Gasteiger partial charge in [0.05, 0.1) is 0 Å². The third-order valence-electron chi connectivity index (χ3n) is 0.975. The molecule has 0 aromatic heterocycles. The fraction of sp³-hybridized carbons (Fsp3) is 1.00. The van der Waals surface area contributed by atoms with E-state index in [0.717, 1.165) is 0 Å². The van der Waals surface area contributed by atoms with Crippen LogP contribution in [0.4, 0.5) is 0 Å². The number of hydrogen-bond acceptors (Lipinski definition) is 1. The van der Waals surface area contributed by atoms with Gasteiger partial charge in [-0.2, -0.15) is 0 Å². The van der Waals surface area contributed by atoms with Gasteiger partial charge in [-0.05, 0) is 0 Å². The molecule has 0 heterocycles. The maximum Gasteiger partial charge on any atom is 0.408 e. The Kier molecular flexibility index (Phi) is 5.38. The third-order valence-corrected chi connectivity index (χ3v) is 2.93. The van der Waals surface area contributed by atoms with E-state index in [2.05, 4.69) is 6.92 Å². The van der Waals surface area contributed by atoms with Gasteiger partial charge in [-0.3, -0.25) is 0 Å². The molecule has 1 N–H and O–H groups in total. The predicted molar refractivity (Wildman–Crippen MR) is 32.5 cm³/mol. The van der Waals surface area contributed by atoms with Crippen LogP contribution in [0.25, 0.3) is 0 Å². The van der Waals surface area contributed by atoms with Gasteiger partial charge in [-0.1, -0.05) is 24.5 Å². The fourth-order valence-electron chi connectivity index (χ4n) is 0.500. The van der Waals surface area contributed by atoms with Gasteiger partial charge in [-0.25, -0.2) is 0 Å². The zero-order valence-corrected chi connectivity index (χ0v) is 6.56. The Morgan fingerprint density at radius 3 is 2.43 bits per heavy atom. The van der Waals surface area contributed by atoms with Crippen LogP contribution in [0.1, 0.15) is 20.3 Å². The molecule has 0 saturated carbocycles. The van der Waals surface area contributed by atoms with E-state index >= 15 is 0 Å². The second kappa shape index (κ2) is 4.87. The third kappa shape index (κ3) is 6.73. The van der Waals surface area contributed by atoms with Crippen LogP contribution < -0.4 is 0 Å². The van der Waals surface area contributed by atoms with Gasteiger partial charge in [0.25, 0.3) is 0 Å². The molecule has 1 unspecified atom stereocenters. The van der Waals surface area contributed by atoms with Crippen molar-refractivity contribution < 1.29 is 5.11 Å². The van der Waals surface area contributed by atoms with E-state index in [-0.39, 0.29) is 24.6 Å². The monoisotopic (exact) mass is 112 g/mol. The van der Waals surface area contributed by atoms with E-state index in [9.17, 15) is 0 Å². The molecule has 1 atom stereocenters. The van der Waals surface area contributed by atoms with Crippen molar-refractivity contribution in [3.05, 3.63) is 0 Å². The van der Waals surface area contributed by atoms with Crippen molar-refractivity contribution in [2.24, 2.45) is 0 Å². The lowest BCUT2D eigenvalue weighted by atomic mass is 10.6. The molecule has 40 valence electrons. The van der Waals surface area contributed by atoms with Crippen molar-refractivity contribution in [3.8, 4) is 0 Å². The maximum atomic E-state index is 8.75. The Balaban J connectivity index is 2.68. The highest BCUT2D eigenvalue weighted by atomic mass is 24.5. The molecule has 7 heavy (non-hydrogen) atoms. The molecule has 0 aliphatic heterocycles. The Morgan fingerprint density at radius 1 is 1.71 bits per heavy atom. The standard InChI is InChI=1S/C3H7.C2H5O.Mg/c1-3-2;1-2-3;/h1,3H2,2H3;2-3H,1H3;. The zero-order chi connectivity index (χ0) is 5.70. The number of aliphatic hydroxyl groups excluding tert-OH is 1. The summed E-state index contributed by atoms with van der Waals surface area (Å²) >= 11 is -0.0984. The normalized spacial score (nSPS) is 13.0. The zero-order valence-electron chi connectivity index (χ0n) is 5.15. The summed E-state index contributed by atoms with van der Waals surface area (Å²) in [5, 5.41) is 8.75. The van der Waals surface area contributed by atoms with Crippen LogP contribution in [-0.2, 0) is 0 Å². The molecule has 2 heteroatoms. The molecule has 0 aliphatic rings. The highest BCUT2D eigenvalue weighted by Gasteiger charge is 1.98. The minimum Gasteiger partial charge on any atom is -0.422 e. The maximum absolute atomic E-state index is 8.75. The number of hydrogen-bond donors (Lipinski definition) is 1. The van der Waals surface area contributed by atoms with Crippen molar-refractivity contribution in [2.45, 2.75) is 29.1 Å². The van der Waals surface area contributed by atoms with Crippen LogP contribution in [0.2, 0.25) is 4.55 Å². The average Bonchev–Trinajstić information content (AvgIpc) is 1.61. The highest BCUT2D eigenvalue weighted by molar-refractivity contribution is 6.36. The van der Waals surface area contributed by atoms with E-state index in [4.69, 9.17) is 5.11 Å². The lowest BCUT2D eigenvalue weighted by Gasteiger charge is -1.95. The summed E-state index contributed by atoms with van der Waals surface area (Å²) in [6, 6.07) is 0. The Hall–Kier alpha value is 0.726. The average molecular weight is 112 g/mol. The summed E-state index contributed by atoms with van der Waals surface area (Å²) < 4.78 is 1.33. The summed E-state index contributed by atoms with van der Waals surface area (Å²) in [7, 11) is 0. The number of rotatable bonds is 3. The fourth-order valence-corrected chi connectivity index (χ4v) is 1.50. The van der Waals surface area contributed by atoms with Crippen LogP contribution in [-0.4, -0.2) is 29.7 Å². The summed E-state index contributed by atoms with van der Waals surface area (Å²) in [6.07, 6.45) is 1.25. The van der Waals surface area contributed by atoms with E-state index in [1.165, 1.54) is 11.0 Å². The van der Waals surface area contributed by atoms with E-state index in [0.29, 0.717) is 0 Å². The molecular weight excluding hydrogens is 100 g/mol. The summed E-state index contributed by atoms with van der Waals surface area (Å²) in [5.41, 5.74) is 0. The number of aliphatic hydroxyl groups is 1. The summed E-state index contributed by atoms with van der Waals surface area (Å²) in [6.45, 7) is 4.05. The van der Waals surface area contributed by atoms with Gasteiger partial charge in [-0.15, -0.1) is 4.55 Å². The lowest BCUT2D eigenvalue weighted by Crippen LogP contribution is -2.09. The van der Waals surface area contributed by atoms with Crippen molar-refractivity contribution >= 4 is 20.4 Å². The Labute approximate surface area is 54.8 Å². The smallest absolute Gasteiger partial charge is 0.408 e. The van der Waals surface area contributed by atoms with Gasteiger partial charge in [0, 0.05) is 0 Å². The second-order valence-electron chi connectivity index (χ2n) is 1.99. The first-order valence-electron chi connectivity index (χ1n) is 2.95. The highest BCUT2D eigenvalue weighted by Crippen LogP contribution is 1.87. The van der Waals surface area contributed by atoms with Crippen molar-refractivity contribution in [1.29, 1.82) is 0 Å². The van der Waals surface area contributed by atoms with Crippen molar-refractivity contribution in [3.63, 3.8) is 0 Å². The van der Waals surface area contributed by atoms with E-state index < -0.39 is 0 Å². The topological polar surface area (TPSA) is 20.2 Å². The quantitative estimate of drug-likeness (QED) is 0.537. The van der Waals surface area contributed by atoms with E-state index in [1.54, 1.807) is 0 Å². The molecule has 0 spiro atoms. The lowest BCUT2D eigenvalue weighted by molar-refractivity contribution is 0.272. The van der Waals surface area contributed by atoms with Gasteiger partial charge in [0.1, 0.15) is 0 Å². The molecule has 0 aromatic rings. The molecule has 0 aliphatic carbocycles. The molecular formula is C5H12MgO. The summed E-state index contributed by atoms with van der Waals surface area (Å²) in [5.74, 6) is 0.